The summed E-state index contributed by atoms with van der Waals surface area (Å²) in [6.45, 7) is 0.253. The molecule has 4 nitrogen and oxygen atoms in total. The number of nitriles is 2. The van der Waals surface area contributed by atoms with Gasteiger partial charge in [-0.25, -0.2) is 0 Å². The van der Waals surface area contributed by atoms with E-state index < -0.39 is 5.91 Å². The average Bonchev–Trinajstić information content (AvgIpc) is 3.07. The summed E-state index contributed by atoms with van der Waals surface area (Å²) in [6.07, 6.45) is 1.79. The monoisotopic (exact) mass is 307 g/mol. The SMILES string of the molecule is N#CCCN(C(=O)/C(C#N)=C/c1cccs1)c1ccccc1. The van der Waals surface area contributed by atoms with E-state index in [1.165, 1.54) is 16.2 Å². The van der Waals surface area contributed by atoms with Gasteiger partial charge in [0.25, 0.3) is 5.91 Å². The molecule has 1 amide bonds. The van der Waals surface area contributed by atoms with Gasteiger partial charge in [-0.1, -0.05) is 24.3 Å². The van der Waals surface area contributed by atoms with Crippen LogP contribution in [0.4, 0.5) is 5.69 Å². The van der Waals surface area contributed by atoms with Crippen LogP contribution in [0.3, 0.4) is 0 Å². The van der Waals surface area contributed by atoms with Gasteiger partial charge >= 0.3 is 0 Å². The van der Waals surface area contributed by atoms with Crippen LogP contribution in [-0.4, -0.2) is 12.5 Å². The van der Waals surface area contributed by atoms with Gasteiger partial charge in [0.05, 0.1) is 12.5 Å². The number of amides is 1. The van der Waals surface area contributed by atoms with Gasteiger partial charge in [-0.2, -0.15) is 10.5 Å². The molecule has 0 aliphatic heterocycles. The van der Waals surface area contributed by atoms with Crippen molar-refractivity contribution in [1.29, 1.82) is 10.5 Å². The van der Waals surface area contributed by atoms with Crippen LogP contribution in [0.1, 0.15) is 11.3 Å². The number of benzene rings is 1. The number of hydrogen-bond donors (Lipinski definition) is 0. The van der Waals surface area contributed by atoms with E-state index in [1.807, 2.05) is 47.9 Å². The molecule has 0 spiro atoms. The molecular formula is C17H13N3OS. The largest absolute Gasteiger partial charge is 0.307 e. The van der Waals surface area contributed by atoms with Crippen LogP contribution in [0.25, 0.3) is 6.08 Å². The standard InChI is InChI=1S/C17H13N3OS/c18-9-5-10-20(15-6-2-1-3-7-15)17(21)14(13-19)12-16-8-4-11-22-16/h1-4,6-8,11-12H,5,10H2/b14-12+. The highest BCUT2D eigenvalue weighted by molar-refractivity contribution is 7.10. The van der Waals surface area contributed by atoms with Crippen molar-refractivity contribution in [1.82, 2.24) is 0 Å². The highest BCUT2D eigenvalue weighted by atomic mass is 32.1. The second-order valence-electron chi connectivity index (χ2n) is 4.39. The molecule has 1 aromatic heterocycles. The predicted octanol–water partition coefficient (Wildman–Crippen LogP) is 3.60. The molecule has 0 N–H and O–H groups in total. The number of rotatable bonds is 5. The van der Waals surface area contributed by atoms with Crippen LogP contribution in [0.15, 0.2) is 53.4 Å². The number of hydrogen-bond acceptors (Lipinski definition) is 4. The van der Waals surface area contributed by atoms with Crippen LogP contribution < -0.4 is 4.90 Å². The van der Waals surface area contributed by atoms with Gasteiger partial charge in [-0.15, -0.1) is 11.3 Å². The molecule has 0 aliphatic carbocycles. The Labute approximate surface area is 133 Å². The lowest BCUT2D eigenvalue weighted by Crippen LogP contribution is -2.32. The van der Waals surface area contributed by atoms with Crippen molar-refractivity contribution < 1.29 is 4.79 Å². The molecule has 0 radical (unpaired) electrons. The topological polar surface area (TPSA) is 67.9 Å². The minimum Gasteiger partial charge on any atom is -0.307 e. The van der Waals surface area contributed by atoms with Gasteiger partial charge in [0.15, 0.2) is 0 Å². The van der Waals surface area contributed by atoms with Crippen LogP contribution in [0, 0.1) is 22.7 Å². The first-order valence-electron chi connectivity index (χ1n) is 6.65. The second kappa shape index (κ2) is 7.78. The second-order valence-corrected chi connectivity index (χ2v) is 5.36. The predicted molar refractivity (Wildman–Crippen MR) is 86.9 cm³/mol. The molecular weight excluding hydrogens is 294 g/mol. The Hall–Kier alpha value is -2.89. The van der Waals surface area contributed by atoms with Crippen molar-refractivity contribution in [3.8, 4) is 12.1 Å². The smallest absolute Gasteiger partial charge is 0.269 e. The third kappa shape index (κ3) is 3.82. The highest BCUT2D eigenvalue weighted by Gasteiger charge is 2.19. The number of anilines is 1. The summed E-state index contributed by atoms with van der Waals surface area (Å²) in [6, 6.07) is 16.8. The number of carbonyl (C=O) groups excluding carboxylic acids is 1. The minimum atomic E-state index is -0.391. The molecule has 5 heteroatoms. The van der Waals surface area contributed by atoms with Crippen molar-refractivity contribution in [3.05, 3.63) is 58.3 Å². The van der Waals surface area contributed by atoms with Crippen LogP contribution >= 0.6 is 11.3 Å². The first kappa shape index (κ1) is 15.5. The quantitative estimate of drug-likeness (QED) is 0.626. The molecule has 1 heterocycles. The summed E-state index contributed by atoms with van der Waals surface area (Å²) in [5.41, 5.74) is 0.735. The Morgan fingerprint density at radius 3 is 2.55 bits per heavy atom. The first-order valence-corrected chi connectivity index (χ1v) is 7.53. The highest BCUT2D eigenvalue weighted by Crippen LogP contribution is 2.19. The Kier molecular flexibility index (Phi) is 5.48. The summed E-state index contributed by atoms with van der Waals surface area (Å²) in [4.78, 5) is 14.9. The Bertz CT molecular complexity index is 736. The zero-order chi connectivity index (χ0) is 15.8. The fourth-order valence-corrected chi connectivity index (χ4v) is 2.58. The molecule has 0 fully saturated rings. The van der Waals surface area contributed by atoms with E-state index in [4.69, 9.17) is 5.26 Å². The third-order valence-corrected chi connectivity index (χ3v) is 3.76. The Morgan fingerprint density at radius 1 is 1.18 bits per heavy atom. The average molecular weight is 307 g/mol. The maximum atomic E-state index is 12.6. The van der Waals surface area contributed by atoms with E-state index in [1.54, 1.807) is 18.2 Å². The van der Waals surface area contributed by atoms with Gasteiger partial charge in [-0.3, -0.25) is 4.79 Å². The van der Waals surface area contributed by atoms with Gasteiger partial charge in [0.2, 0.25) is 0 Å². The van der Waals surface area contributed by atoms with E-state index in [9.17, 15) is 10.1 Å². The fourth-order valence-electron chi connectivity index (χ4n) is 1.92. The molecule has 22 heavy (non-hydrogen) atoms. The molecule has 0 atom stereocenters. The van der Waals surface area contributed by atoms with Crippen molar-refractivity contribution >= 4 is 29.0 Å². The maximum Gasteiger partial charge on any atom is 0.269 e. The molecule has 0 unspecified atom stereocenters. The lowest BCUT2D eigenvalue weighted by molar-refractivity contribution is -0.114. The number of thiophene rings is 1. The first-order chi connectivity index (χ1) is 10.8. The third-order valence-electron chi connectivity index (χ3n) is 2.94. The summed E-state index contributed by atoms with van der Waals surface area (Å²) < 4.78 is 0. The molecule has 0 saturated carbocycles. The van der Waals surface area contributed by atoms with Gasteiger partial charge in [0, 0.05) is 17.1 Å². The van der Waals surface area contributed by atoms with E-state index in [2.05, 4.69) is 0 Å². The number of nitrogens with zero attached hydrogens (tertiary/aromatic N) is 3. The van der Waals surface area contributed by atoms with E-state index >= 15 is 0 Å². The molecule has 1 aromatic carbocycles. The molecule has 0 saturated heterocycles. The normalized spacial score (nSPS) is 10.5. The van der Waals surface area contributed by atoms with Crippen LogP contribution in [-0.2, 0) is 4.79 Å². The summed E-state index contributed by atoms with van der Waals surface area (Å²) in [7, 11) is 0. The van der Waals surface area contributed by atoms with Crippen molar-refractivity contribution in [2.45, 2.75) is 6.42 Å². The zero-order valence-electron chi connectivity index (χ0n) is 11.8. The van der Waals surface area contributed by atoms with Crippen molar-refractivity contribution in [3.63, 3.8) is 0 Å². The van der Waals surface area contributed by atoms with Gasteiger partial charge in [-0.05, 0) is 29.7 Å². The van der Waals surface area contributed by atoms with Gasteiger partial charge in [0.1, 0.15) is 11.6 Å². The summed E-state index contributed by atoms with van der Waals surface area (Å²) in [5.74, 6) is -0.391. The fraction of sp³-hybridized carbons (Fsp3) is 0.118. The summed E-state index contributed by atoms with van der Waals surface area (Å²) in [5, 5.41) is 20.0. The molecule has 0 bridgehead atoms. The minimum absolute atomic E-state index is 0.0595. The Morgan fingerprint density at radius 2 is 1.95 bits per heavy atom. The zero-order valence-corrected chi connectivity index (χ0v) is 12.6. The lowest BCUT2D eigenvalue weighted by Gasteiger charge is -2.21. The molecule has 108 valence electrons. The molecule has 2 rings (SSSR count). The molecule has 2 aromatic rings. The van der Waals surface area contributed by atoms with Crippen LogP contribution in [0.2, 0.25) is 0 Å². The van der Waals surface area contributed by atoms with Gasteiger partial charge < -0.3 is 4.90 Å². The molecule has 0 aliphatic rings. The summed E-state index contributed by atoms with van der Waals surface area (Å²) >= 11 is 1.46. The maximum absolute atomic E-state index is 12.6. The van der Waals surface area contributed by atoms with E-state index in [0.29, 0.717) is 5.69 Å². The number of para-hydroxylation sites is 1. The Balaban J connectivity index is 2.32. The number of carbonyl (C=O) groups is 1. The van der Waals surface area contributed by atoms with E-state index in [-0.39, 0.29) is 18.5 Å². The van der Waals surface area contributed by atoms with Crippen LogP contribution in [0.5, 0.6) is 0 Å². The van der Waals surface area contributed by atoms with E-state index in [0.717, 1.165) is 4.88 Å². The van der Waals surface area contributed by atoms with Crippen molar-refractivity contribution in [2.24, 2.45) is 0 Å². The lowest BCUT2D eigenvalue weighted by atomic mass is 10.2. The van der Waals surface area contributed by atoms with Crippen molar-refractivity contribution in [2.75, 3.05) is 11.4 Å².